The molecule has 0 fully saturated rings. The Morgan fingerprint density at radius 1 is 1.22 bits per heavy atom. The summed E-state index contributed by atoms with van der Waals surface area (Å²) in [5.41, 5.74) is 0.318. The molecule has 0 amide bonds. The number of hydrogen-bond donors (Lipinski definition) is 0. The summed E-state index contributed by atoms with van der Waals surface area (Å²) < 4.78 is 40.5. The van der Waals surface area contributed by atoms with Crippen molar-refractivity contribution in [3.05, 3.63) is 63.7 Å². The van der Waals surface area contributed by atoms with Gasteiger partial charge in [0.15, 0.2) is 5.76 Å². The van der Waals surface area contributed by atoms with Crippen molar-refractivity contribution in [3.8, 4) is 0 Å². The third kappa shape index (κ3) is 3.90. The predicted octanol–water partition coefficient (Wildman–Crippen LogP) is 4.00. The van der Waals surface area contributed by atoms with E-state index in [1.54, 1.807) is 0 Å². The Labute approximate surface area is 140 Å². The fourth-order valence-electron chi connectivity index (χ4n) is 1.66. The SMILES string of the molecule is O=[N+]([O-])c1ccc(/C(=C\c2ccc(F)cc2)S(=O)(=O)C(Cl)Cl)o1. The van der Waals surface area contributed by atoms with Crippen LogP contribution < -0.4 is 0 Å². The summed E-state index contributed by atoms with van der Waals surface area (Å²) in [5, 5.41) is 10.7. The largest absolute Gasteiger partial charge is 0.433 e. The highest BCUT2D eigenvalue weighted by molar-refractivity contribution is 8.03. The quantitative estimate of drug-likeness (QED) is 0.444. The van der Waals surface area contributed by atoms with Gasteiger partial charge in [0.1, 0.15) is 15.6 Å². The number of sulfone groups is 1. The maximum Gasteiger partial charge on any atom is 0.433 e. The monoisotopic (exact) mass is 379 g/mol. The zero-order valence-electron chi connectivity index (χ0n) is 11.1. The fourth-order valence-corrected chi connectivity index (χ4v) is 3.12. The summed E-state index contributed by atoms with van der Waals surface area (Å²) in [5.74, 6) is -1.44. The third-order valence-electron chi connectivity index (χ3n) is 2.72. The van der Waals surface area contributed by atoms with E-state index in [0.29, 0.717) is 5.56 Å². The molecular formula is C13H8Cl2FNO5S. The molecule has 1 heterocycles. The molecule has 23 heavy (non-hydrogen) atoms. The Bertz CT molecular complexity index is 859. The van der Waals surface area contributed by atoms with Gasteiger partial charge in [0.05, 0.1) is 6.07 Å². The highest BCUT2D eigenvalue weighted by Gasteiger charge is 2.30. The Kier molecular flexibility index (Phi) is 5.08. The van der Waals surface area contributed by atoms with Crippen molar-refractivity contribution in [2.75, 3.05) is 0 Å². The van der Waals surface area contributed by atoms with Gasteiger partial charge in [0, 0.05) is 0 Å². The van der Waals surface area contributed by atoms with E-state index in [1.165, 1.54) is 12.1 Å². The highest BCUT2D eigenvalue weighted by Crippen LogP contribution is 2.33. The van der Waals surface area contributed by atoms with Crippen molar-refractivity contribution >= 4 is 49.9 Å². The minimum atomic E-state index is -4.23. The van der Waals surface area contributed by atoms with E-state index in [9.17, 15) is 22.9 Å². The molecule has 10 heteroatoms. The first-order chi connectivity index (χ1) is 10.7. The number of halogens is 3. The van der Waals surface area contributed by atoms with Crippen LogP contribution in [0.4, 0.5) is 10.3 Å². The van der Waals surface area contributed by atoms with Gasteiger partial charge in [0.25, 0.3) is 0 Å². The Balaban J connectivity index is 2.60. The molecule has 1 aromatic carbocycles. The number of nitro groups is 1. The summed E-state index contributed by atoms with van der Waals surface area (Å²) in [6.45, 7) is 0. The lowest BCUT2D eigenvalue weighted by atomic mass is 10.2. The number of alkyl halides is 2. The average Bonchev–Trinajstić information content (AvgIpc) is 2.95. The molecular weight excluding hydrogens is 372 g/mol. The molecule has 0 bridgehead atoms. The molecule has 1 aromatic heterocycles. The van der Waals surface area contributed by atoms with E-state index >= 15 is 0 Å². The van der Waals surface area contributed by atoms with Crippen LogP contribution in [0.2, 0.25) is 0 Å². The minimum Gasteiger partial charge on any atom is -0.400 e. The highest BCUT2D eigenvalue weighted by atomic mass is 35.5. The second kappa shape index (κ2) is 6.69. The summed E-state index contributed by atoms with van der Waals surface area (Å²) in [7, 11) is -4.23. The number of nitrogens with zero attached hydrogens (tertiary/aromatic N) is 1. The molecule has 0 N–H and O–H groups in total. The third-order valence-corrected chi connectivity index (χ3v) is 5.53. The zero-order valence-corrected chi connectivity index (χ0v) is 13.5. The summed E-state index contributed by atoms with van der Waals surface area (Å²) >= 11 is 11.0. The summed E-state index contributed by atoms with van der Waals surface area (Å²) in [6.07, 6.45) is 1.13. The molecule has 0 unspecified atom stereocenters. The van der Waals surface area contributed by atoms with Crippen LogP contribution in [0.1, 0.15) is 11.3 Å². The van der Waals surface area contributed by atoms with Gasteiger partial charge in [-0.2, -0.15) is 0 Å². The fraction of sp³-hybridized carbons (Fsp3) is 0.0769. The van der Waals surface area contributed by atoms with E-state index < -0.39 is 35.5 Å². The second-order valence-corrected chi connectivity index (χ2v) is 7.88. The van der Waals surface area contributed by atoms with Crippen molar-refractivity contribution in [1.29, 1.82) is 0 Å². The van der Waals surface area contributed by atoms with Crippen LogP contribution in [0.5, 0.6) is 0 Å². The predicted molar refractivity (Wildman–Crippen MR) is 84.0 cm³/mol. The van der Waals surface area contributed by atoms with Gasteiger partial charge in [-0.15, -0.1) is 0 Å². The standard InChI is InChI=1S/C13H8Cl2FNO5S/c14-13(15)23(20,21)11(7-8-1-3-9(16)4-2-8)10-5-6-12(22-10)17(18)19/h1-7,13H/b11-7+. The van der Waals surface area contributed by atoms with Crippen molar-refractivity contribution in [2.45, 2.75) is 4.17 Å². The molecule has 0 aliphatic rings. The van der Waals surface area contributed by atoms with Crippen LogP contribution in [0.3, 0.4) is 0 Å². The lowest BCUT2D eigenvalue weighted by Crippen LogP contribution is -2.10. The van der Waals surface area contributed by atoms with Crippen LogP contribution in [0.25, 0.3) is 11.0 Å². The van der Waals surface area contributed by atoms with Crippen LogP contribution in [-0.2, 0) is 9.84 Å². The van der Waals surface area contributed by atoms with E-state index in [-0.39, 0.29) is 5.76 Å². The second-order valence-electron chi connectivity index (χ2n) is 4.26. The number of furan rings is 1. The lowest BCUT2D eigenvalue weighted by Gasteiger charge is -2.07. The minimum absolute atomic E-state index is 0.299. The molecule has 6 nitrogen and oxygen atoms in total. The Hall–Kier alpha value is -1.90. The van der Waals surface area contributed by atoms with Gasteiger partial charge < -0.3 is 4.42 Å². The zero-order chi connectivity index (χ0) is 17.2. The van der Waals surface area contributed by atoms with Crippen molar-refractivity contribution in [1.82, 2.24) is 0 Å². The van der Waals surface area contributed by atoms with Crippen LogP contribution >= 0.6 is 23.2 Å². The molecule has 0 radical (unpaired) electrons. The van der Waals surface area contributed by atoms with Crippen molar-refractivity contribution < 1.29 is 22.1 Å². The van der Waals surface area contributed by atoms with Gasteiger partial charge in [0.2, 0.25) is 14.0 Å². The normalized spacial score (nSPS) is 12.6. The van der Waals surface area contributed by atoms with Gasteiger partial charge in [-0.25, -0.2) is 12.8 Å². The maximum absolute atomic E-state index is 12.9. The first-order valence-corrected chi connectivity index (χ1v) is 8.37. The Morgan fingerprint density at radius 2 is 1.83 bits per heavy atom. The van der Waals surface area contributed by atoms with E-state index in [2.05, 4.69) is 0 Å². The first-order valence-electron chi connectivity index (χ1n) is 5.95. The van der Waals surface area contributed by atoms with E-state index in [1.807, 2.05) is 0 Å². The van der Waals surface area contributed by atoms with Crippen molar-refractivity contribution in [3.63, 3.8) is 0 Å². The van der Waals surface area contributed by atoms with Crippen LogP contribution in [0, 0.1) is 15.9 Å². The summed E-state index contributed by atoms with van der Waals surface area (Å²) in [4.78, 5) is 9.40. The van der Waals surface area contributed by atoms with Gasteiger partial charge in [-0.1, -0.05) is 35.3 Å². The Morgan fingerprint density at radius 3 is 2.30 bits per heavy atom. The lowest BCUT2D eigenvalue weighted by molar-refractivity contribution is -0.402. The average molecular weight is 380 g/mol. The molecule has 2 aromatic rings. The van der Waals surface area contributed by atoms with Crippen molar-refractivity contribution in [2.24, 2.45) is 0 Å². The van der Waals surface area contributed by atoms with E-state index in [4.69, 9.17) is 27.6 Å². The summed E-state index contributed by atoms with van der Waals surface area (Å²) in [6, 6.07) is 7.00. The van der Waals surface area contributed by atoms with Crippen LogP contribution in [0.15, 0.2) is 40.8 Å². The van der Waals surface area contributed by atoms with Gasteiger partial charge >= 0.3 is 5.88 Å². The smallest absolute Gasteiger partial charge is 0.400 e. The molecule has 0 saturated heterocycles. The van der Waals surface area contributed by atoms with Gasteiger partial charge in [-0.05, 0) is 29.8 Å². The van der Waals surface area contributed by atoms with E-state index in [0.717, 1.165) is 30.3 Å². The molecule has 0 aliphatic heterocycles. The first kappa shape index (κ1) is 17.5. The molecule has 122 valence electrons. The maximum atomic E-state index is 12.9. The van der Waals surface area contributed by atoms with Crippen LogP contribution in [-0.4, -0.2) is 17.5 Å². The molecule has 2 rings (SSSR count). The molecule has 0 saturated carbocycles. The topological polar surface area (TPSA) is 90.4 Å². The molecule has 0 atom stereocenters. The van der Waals surface area contributed by atoms with Gasteiger partial charge in [-0.3, -0.25) is 10.1 Å². The number of benzene rings is 1. The molecule has 0 spiro atoms. The number of hydrogen-bond acceptors (Lipinski definition) is 5. The molecule has 0 aliphatic carbocycles. The number of rotatable bonds is 5.